The molecule has 0 bridgehead atoms. The zero-order chi connectivity index (χ0) is 16.3. The number of imidazole rings is 1. The molecule has 0 fully saturated rings. The standard InChI is InChI=1S/C12H14N4O5S/c1-8-14-11(16(17)18)12(15-8)22(19,20)13-7-9-3-5-10(21-2)6-4-9/h3-6,13H,7H2,1-2H3,(H,14,15). The first kappa shape index (κ1) is 15.9. The molecule has 2 N–H and O–H groups in total. The number of nitro groups is 1. The molecule has 1 heterocycles. The van der Waals surface area contributed by atoms with Crippen LogP contribution in [0, 0.1) is 17.0 Å². The van der Waals surface area contributed by atoms with E-state index in [-0.39, 0.29) is 12.4 Å². The van der Waals surface area contributed by atoms with Crippen molar-refractivity contribution in [1.29, 1.82) is 0 Å². The lowest BCUT2D eigenvalue weighted by atomic mass is 10.2. The van der Waals surface area contributed by atoms with E-state index >= 15 is 0 Å². The number of methoxy groups -OCH3 is 1. The molecular weight excluding hydrogens is 312 g/mol. The van der Waals surface area contributed by atoms with Crippen molar-refractivity contribution in [3.63, 3.8) is 0 Å². The minimum Gasteiger partial charge on any atom is -0.497 e. The van der Waals surface area contributed by atoms with Gasteiger partial charge in [-0.15, -0.1) is 0 Å². The molecule has 0 atom stereocenters. The average Bonchev–Trinajstić information content (AvgIpc) is 2.89. The van der Waals surface area contributed by atoms with Gasteiger partial charge in [0.25, 0.3) is 15.0 Å². The molecule has 0 aliphatic rings. The summed E-state index contributed by atoms with van der Waals surface area (Å²) in [6.07, 6.45) is 0. The van der Waals surface area contributed by atoms with Crippen molar-refractivity contribution < 1.29 is 18.1 Å². The monoisotopic (exact) mass is 326 g/mol. The van der Waals surface area contributed by atoms with E-state index in [0.717, 1.165) is 0 Å². The number of H-pyrrole nitrogens is 1. The van der Waals surface area contributed by atoms with Crippen LogP contribution in [-0.2, 0) is 16.6 Å². The molecule has 9 nitrogen and oxygen atoms in total. The Balaban J connectivity index is 2.19. The normalized spacial score (nSPS) is 11.4. The van der Waals surface area contributed by atoms with Crippen molar-refractivity contribution in [3.05, 3.63) is 45.8 Å². The van der Waals surface area contributed by atoms with E-state index < -0.39 is 25.8 Å². The van der Waals surface area contributed by atoms with Gasteiger partial charge in [-0.3, -0.25) is 0 Å². The van der Waals surface area contributed by atoms with Gasteiger partial charge in [-0.2, -0.15) is 4.98 Å². The Labute approximate surface area is 126 Å². The minimum atomic E-state index is -4.09. The molecule has 22 heavy (non-hydrogen) atoms. The highest BCUT2D eigenvalue weighted by atomic mass is 32.2. The maximum Gasteiger partial charge on any atom is 0.361 e. The van der Waals surface area contributed by atoms with Crippen LogP contribution < -0.4 is 9.46 Å². The van der Waals surface area contributed by atoms with E-state index in [4.69, 9.17) is 4.74 Å². The predicted octanol–water partition coefficient (Wildman–Crippen LogP) is 1.11. The Kier molecular flexibility index (Phi) is 4.43. The maximum absolute atomic E-state index is 12.1. The van der Waals surface area contributed by atoms with Crippen molar-refractivity contribution in [1.82, 2.24) is 14.7 Å². The van der Waals surface area contributed by atoms with Crippen LogP contribution in [0.1, 0.15) is 11.4 Å². The quantitative estimate of drug-likeness (QED) is 0.604. The fourth-order valence-corrected chi connectivity index (χ4v) is 2.89. The van der Waals surface area contributed by atoms with Crippen LogP contribution in [-0.4, -0.2) is 30.4 Å². The minimum absolute atomic E-state index is 0.0185. The number of aromatic nitrogens is 2. The smallest absolute Gasteiger partial charge is 0.361 e. The van der Waals surface area contributed by atoms with Crippen molar-refractivity contribution in [3.8, 4) is 5.75 Å². The number of hydrogen-bond donors (Lipinski definition) is 2. The summed E-state index contributed by atoms with van der Waals surface area (Å²) in [5.41, 5.74) is 0.680. The molecule has 0 radical (unpaired) electrons. The molecule has 0 saturated heterocycles. The van der Waals surface area contributed by atoms with Crippen LogP contribution in [0.4, 0.5) is 5.82 Å². The Morgan fingerprint density at radius 1 is 1.36 bits per heavy atom. The molecular formula is C12H14N4O5S. The molecule has 1 aromatic heterocycles. The molecule has 10 heteroatoms. The summed E-state index contributed by atoms with van der Waals surface area (Å²) in [4.78, 5) is 16.0. The second kappa shape index (κ2) is 6.12. The first-order valence-corrected chi connectivity index (χ1v) is 7.65. The number of aromatic amines is 1. The van der Waals surface area contributed by atoms with Gasteiger partial charge in [-0.05, 0) is 22.6 Å². The summed E-state index contributed by atoms with van der Waals surface area (Å²) >= 11 is 0. The average molecular weight is 326 g/mol. The second-order valence-corrected chi connectivity index (χ2v) is 6.09. The lowest BCUT2D eigenvalue weighted by molar-refractivity contribution is -0.392. The maximum atomic E-state index is 12.1. The van der Waals surface area contributed by atoms with Crippen LogP contribution in [0.2, 0.25) is 0 Å². The summed E-state index contributed by atoms with van der Waals surface area (Å²) in [5.74, 6) is 0.140. The molecule has 0 amide bonds. The third-order valence-corrected chi connectivity index (χ3v) is 4.15. The molecule has 0 aliphatic heterocycles. The Morgan fingerprint density at radius 2 is 2.00 bits per heavy atom. The SMILES string of the molecule is COc1ccc(CNS(=O)(=O)c2nc(C)[nH]c2[N+](=O)[O-])cc1. The van der Waals surface area contributed by atoms with Gasteiger partial charge >= 0.3 is 5.82 Å². The van der Waals surface area contributed by atoms with E-state index in [1.54, 1.807) is 24.3 Å². The van der Waals surface area contributed by atoms with E-state index in [9.17, 15) is 18.5 Å². The zero-order valence-electron chi connectivity index (χ0n) is 11.9. The summed E-state index contributed by atoms with van der Waals surface area (Å²) in [5, 5.41) is 10.2. The van der Waals surface area contributed by atoms with Crippen molar-refractivity contribution in [2.24, 2.45) is 0 Å². The van der Waals surface area contributed by atoms with E-state index in [2.05, 4.69) is 14.7 Å². The highest BCUT2D eigenvalue weighted by Gasteiger charge is 2.29. The van der Waals surface area contributed by atoms with Gasteiger partial charge in [0.15, 0.2) is 5.82 Å². The molecule has 118 valence electrons. The highest BCUT2D eigenvalue weighted by molar-refractivity contribution is 7.89. The molecule has 0 aliphatic carbocycles. The summed E-state index contributed by atoms with van der Waals surface area (Å²) in [6, 6.07) is 6.74. The third kappa shape index (κ3) is 3.40. The van der Waals surface area contributed by atoms with Crippen molar-refractivity contribution in [2.45, 2.75) is 18.5 Å². The van der Waals surface area contributed by atoms with Gasteiger partial charge in [0, 0.05) is 13.5 Å². The van der Waals surface area contributed by atoms with Gasteiger partial charge in [0.1, 0.15) is 5.75 Å². The fraction of sp³-hybridized carbons (Fsp3) is 0.250. The van der Waals surface area contributed by atoms with Crippen LogP contribution in [0.25, 0.3) is 0 Å². The Bertz CT molecular complexity index is 782. The first-order valence-electron chi connectivity index (χ1n) is 6.17. The van der Waals surface area contributed by atoms with E-state index in [0.29, 0.717) is 11.3 Å². The number of aryl methyl sites for hydroxylation is 1. The molecule has 1 aromatic carbocycles. The fourth-order valence-electron chi connectivity index (χ4n) is 1.76. The largest absolute Gasteiger partial charge is 0.497 e. The topological polar surface area (TPSA) is 127 Å². The van der Waals surface area contributed by atoms with Crippen LogP contribution >= 0.6 is 0 Å². The number of benzene rings is 1. The molecule has 0 saturated carbocycles. The third-order valence-electron chi connectivity index (χ3n) is 2.83. The second-order valence-electron chi connectivity index (χ2n) is 4.41. The molecule has 2 aromatic rings. The zero-order valence-corrected chi connectivity index (χ0v) is 12.7. The van der Waals surface area contributed by atoms with Gasteiger partial charge in [-0.1, -0.05) is 12.1 Å². The van der Waals surface area contributed by atoms with E-state index in [1.165, 1.54) is 14.0 Å². The molecule has 0 unspecified atom stereocenters. The summed E-state index contributed by atoms with van der Waals surface area (Å²) < 4.78 is 31.6. The van der Waals surface area contributed by atoms with E-state index in [1.807, 2.05) is 0 Å². The lowest BCUT2D eigenvalue weighted by Gasteiger charge is -2.05. The molecule has 0 spiro atoms. The van der Waals surface area contributed by atoms with Crippen LogP contribution in [0.5, 0.6) is 5.75 Å². The Morgan fingerprint density at radius 3 is 2.55 bits per heavy atom. The van der Waals surface area contributed by atoms with Crippen molar-refractivity contribution in [2.75, 3.05) is 7.11 Å². The summed E-state index contributed by atoms with van der Waals surface area (Å²) in [6.45, 7) is 1.42. The number of sulfonamides is 1. The van der Waals surface area contributed by atoms with Gasteiger partial charge in [-0.25, -0.2) is 18.1 Å². The van der Waals surface area contributed by atoms with Gasteiger partial charge < -0.3 is 14.9 Å². The Hall–Kier alpha value is -2.46. The molecule has 2 rings (SSSR count). The van der Waals surface area contributed by atoms with Crippen molar-refractivity contribution >= 4 is 15.8 Å². The van der Waals surface area contributed by atoms with Crippen LogP contribution in [0.3, 0.4) is 0 Å². The first-order chi connectivity index (χ1) is 10.3. The summed E-state index contributed by atoms with van der Waals surface area (Å²) in [7, 11) is -2.57. The number of nitrogens with zero attached hydrogens (tertiary/aromatic N) is 2. The van der Waals surface area contributed by atoms with Gasteiger partial charge in [0.2, 0.25) is 0 Å². The highest BCUT2D eigenvalue weighted by Crippen LogP contribution is 2.20. The number of rotatable bonds is 6. The number of nitrogens with one attached hydrogen (secondary N) is 2. The van der Waals surface area contributed by atoms with Crippen LogP contribution in [0.15, 0.2) is 29.3 Å². The number of hydrogen-bond acceptors (Lipinski definition) is 6. The van der Waals surface area contributed by atoms with Gasteiger partial charge in [0.05, 0.1) is 7.11 Å². The predicted molar refractivity (Wildman–Crippen MR) is 77.0 cm³/mol. The lowest BCUT2D eigenvalue weighted by Crippen LogP contribution is -2.24. The number of ether oxygens (including phenoxy) is 1.